The Kier molecular flexibility index (Phi) is 4.41. The van der Waals surface area contributed by atoms with Crippen LogP contribution < -0.4 is 0 Å². The smallest absolute Gasteiger partial charge is 0.133 e. The molecule has 1 fully saturated rings. The molecule has 1 unspecified atom stereocenters. The predicted octanol–water partition coefficient (Wildman–Crippen LogP) is 2.73. The van der Waals surface area contributed by atoms with E-state index in [0.717, 1.165) is 56.8 Å². The Balaban J connectivity index is 1.51. The molecule has 130 valence electrons. The normalized spacial score (nSPS) is 21.2. The molecule has 2 aromatic rings. The molecule has 0 bridgehead atoms. The lowest BCUT2D eigenvalue weighted by Gasteiger charge is -2.31. The summed E-state index contributed by atoms with van der Waals surface area (Å²) in [5.41, 5.74) is 3.57. The molecule has 0 aromatic carbocycles. The van der Waals surface area contributed by atoms with Crippen LogP contribution in [0.1, 0.15) is 48.4 Å². The van der Waals surface area contributed by atoms with E-state index in [-0.39, 0.29) is 0 Å². The van der Waals surface area contributed by atoms with Gasteiger partial charge < -0.3 is 9.26 Å². The molecule has 0 saturated heterocycles. The second kappa shape index (κ2) is 6.69. The van der Waals surface area contributed by atoms with E-state index < -0.39 is 0 Å². The largest absolute Gasteiger partial charge is 0.381 e. The SMILES string of the molecule is CCOCC1CN(Cc2cc(C)on2)Cc2cn(CC3CC3)nc21. The fraction of sp³-hybridized carbons (Fsp3) is 0.667. The number of hydrogen-bond donors (Lipinski definition) is 0. The van der Waals surface area contributed by atoms with E-state index in [9.17, 15) is 0 Å². The van der Waals surface area contributed by atoms with Crippen LogP contribution in [0.25, 0.3) is 0 Å². The molecule has 6 heteroatoms. The molecule has 2 aromatic heterocycles. The van der Waals surface area contributed by atoms with E-state index in [1.165, 1.54) is 24.1 Å². The van der Waals surface area contributed by atoms with Crippen LogP contribution in [0.4, 0.5) is 0 Å². The number of aromatic nitrogens is 3. The zero-order valence-corrected chi connectivity index (χ0v) is 14.6. The zero-order chi connectivity index (χ0) is 16.5. The molecule has 3 heterocycles. The maximum atomic E-state index is 5.73. The first-order valence-electron chi connectivity index (χ1n) is 8.99. The van der Waals surface area contributed by atoms with Crippen molar-refractivity contribution in [1.82, 2.24) is 19.8 Å². The minimum absolute atomic E-state index is 0.335. The first kappa shape index (κ1) is 15.8. The third-order valence-electron chi connectivity index (χ3n) is 4.86. The first-order valence-corrected chi connectivity index (χ1v) is 8.99. The predicted molar refractivity (Wildman–Crippen MR) is 89.5 cm³/mol. The third kappa shape index (κ3) is 3.54. The molecule has 6 nitrogen and oxygen atoms in total. The lowest BCUT2D eigenvalue weighted by Crippen LogP contribution is -2.35. The average Bonchev–Trinajstić information content (AvgIpc) is 3.13. The van der Waals surface area contributed by atoms with Gasteiger partial charge in [0.15, 0.2) is 0 Å². The molecule has 1 aliphatic carbocycles. The summed E-state index contributed by atoms with van der Waals surface area (Å²) in [7, 11) is 0. The molecule has 0 spiro atoms. The van der Waals surface area contributed by atoms with Crippen LogP contribution in [0.2, 0.25) is 0 Å². The van der Waals surface area contributed by atoms with Crippen molar-refractivity contribution in [2.45, 2.75) is 52.2 Å². The second-order valence-corrected chi connectivity index (χ2v) is 7.16. The van der Waals surface area contributed by atoms with Crippen molar-refractivity contribution in [3.8, 4) is 0 Å². The molecule has 4 rings (SSSR count). The lowest BCUT2D eigenvalue weighted by molar-refractivity contribution is 0.103. The topological polar surface area (TPSA) is 56.3 Å². The van der Waals surface area contributed by atoms with Crippen LogP contribution >= 0.6 is 0 Å². The number of nitrogens with zero attached hydrogens (tertiary/aromatic N) is 4. The van der Waals surface area contributed by atoms with Gasteiger partial charge in [-0.1, -0.05) is 5.16 Å². The molecular weight excluding hydrogens is 304 g/mol. The molecule has 1 aliphatic heterocycles. The van der Waals surface area contributed by atoms with Crippen molar-refractivity contribution in [2.24, 2.45) is 5.92 Å². The molecule has 0 radical (unpaired) electrons. The van der Waals surface area contributed by atoms with E-state index in [1.807, 2.05) is 19.9 Å². The van der Waals surface area contributed by atoms with Gasteiger partial charge in [0, 0.05) is 56.5 Å². The van der Waals surface area contributed by atoms with E-state index >= 15 is 0 Å². The highest BCUT2D eigenvalue weighted by molar-refractivity contribution is 5.25. The zero-order valence-electron chi connectivity index (χ0n) is 14.6. The summed E-state index contributed by atoms with van der Waals surface area (Å²) in [4.78, 5) is 2.42. The standard InChI is InChI=1S/C18H26N4O2/c1-3-23-12-16-9-21(11-17-6-13(2)24-20-17)8-15-10-22(19-18(15)16)7-14-4-5-14/h6,10,14,16H,3-5,7-9,11-12H2,1-2H3. The molecule has 0 N–H and O–H groups in total. The summed E-state index contributed by atoms with van der Waals surface area (Å²) in [5, 5.41) is 9.02. The summed E-state index contributed by atoms with van der Waals surface area (Å²) in [6, 6.07) is 2.02. The van der Waals surface area contributed by atoms with Gasteiger partial charge in [0.2, 0.25) is 0 Å². The molecule has 0 amide bonds. The Hall–Kier alpha value is -1.66. The van der Waals surface area contributed by atoms with Gasteiger partial charge in [0.05, 0.1) is 18.0 Å². The molecule has 1 saturated carbocycles. The highest BCUT2D eigenvalue weighted by Crippen LogP contribution is 2.33. The van der Waals surface area contributed by atoms with E-state index in [1.54, 1.807) is 0 Å². The van der Waals surface area contributed by atoms with Gasteiger partial charge in [0.1, 0.15) is 5.76 Å². The summed E-state index contributed by atoms with van der Waals surface area (Å²) < 4.78 is 13.1. The summed E-state index contributed by atoms with van der Waals surface area (Å²) in [5.74, 6) is 2.04. The van der Waals surface area contributed by atoms with Crippen molar-refractivity contribution < 1.29 is 9.26 Å². The van der Waals surface area contributed by atoms with Gasteiger partial charge in [-0.05, 0) is 32.6 Å². The average molecular weight is 330 g/mol. The Morgan fingerprint density at radius 2 is 2.25 bits per heavy atom. The molecule has 24 heavy (non-hydrogen) atoms. The van der Waals surface area contributed by atoms with Crippen LogP contribution in [-0.2, 0) is 24.4 Å². The fourth-order valence-corrected chi connectivity index (χ4v) is 3.54. The van der Waals surface area contributed by atoms with Crippen molar-refractivity contribution >= 4 is 0 Å². The number of hydrogen-bond acceptors (Lipinski definition) is 5. The van der Waals surface area contributed by atoms with Gasteiger partial charge in [0.25, 0.3) is 0 Å². The lowest BCUT2D eigenvalue weighted by atomic mass is 9.97. The number of ether oxygens (including phenoxy) is 1. The van der Waals surface area contributed by atoms with Crippen LogP contribution in [0.3, 0.4) is 0 Å². The van der Waals surface area contributed by atoms with Crippen molar-refractivity contribution in [2.75, 3.05) is 19.8 Å². The quantitative estimate of drug-likeness (QED) is 0.781. The fourth-order valence-electron chi connectivity index (χ4n) is 3.54. The van der Waals surface area contributed by atoms with Gasteiger partial charge in [-0.2, -0.15) is 5.10 Å². The van der Waals surface area contributed by atoms with E-state index in [2.05, 4.69) is 20.9 Å². The first-order chi connectivity index (χ1) is 11.7. The maximum absolute atomic E-state index is 5.73. The van der Waals surface area contributed by atoms with Crippen LogP contribution in [0.5, 0.6) is 0 Å². The van der Waals surface area contributed by atoms with Crippen molar-refractivity contribution in [1.29, 1.82) is 0 Å². The Labute approximate surface area is 142 Å². The Morgan fingerprint density at radius 1 is 1.38 bits per heavy atom. The minimum atomic E-state index is 0.335. The number of rotatable bonds is 7. The summed E-state index contributed by atoms with van der Waals surface area (Å²) in [6.07, 6.45) is 4.95. The van der Waals surface area contributed by atoms with Crippen LogP contribution in [0, 0.1) is 12.8 Å². The van der Waals surface area contributed by atoms with Crippen LogP contribution in [0.15, 0.2) is 16.8 Å². The number of fused-ring (bicyclic) bond motifs is 1. The second-order valence-electron chi connectivity index (χ2n) is 7.16. The third-order valence-corrected chi connectivity index (χ3v) is 4.86. The number of aryl methyl sites for hydroxylation is 1. The van der Waals surface area contributed by atoms with Crippen LogP contribution in [-0.4, -0.2) is 39.6 Å². The monoisotopic (exact) mass is 330 g/mol. The Morgan fingerprint density at radius 3 is 2.96 bits per heavy atom. The van der Waals surface area contributed by atoms with Crippen molar-refractivity contribution in [3.63, 3.8) is 0 Å². The Bertz CT molecular complexity index is 689. The van der Waals surface area contributed by atoms with Gasteiger partial charge in [-0.3, -0.25) is 9.58 Å². The minimum Gasteiger partial charge on any atom is -0.381 e. The van der Waals surface area contributed by atoms with Gasteiger partial charge in [-0.15, -0.1) is 0 Å². The maximum Gasteiger partial charge on any atom is 0.133 e. The molecule has 1 atom stereocenters. The van der Waals surface area contributed by atoms with E-state index in [0.29, 0.717) is 5.92 Å². The highest BCUT2D eigenvalue weighted by atomic mass is 16.5. The van der Waals surface area contributed by atoms with Gasteiger partial charge in [-0.25, -0.2) is 0 Å². The summed E-state index contributed by atoms with van der Waals surface area (Å²) >= 11 is 0. The van der Waals surface area contributed by atoms with Gasteiger partial charge >= 0.3 is 0 Å². The van der Waals surface area contributed by atoms with E-state index in [4.69, 9.17) is 14.4 Å². The molecule has 2 aliphatic rings. The molecular formula is C18H26N4O2. The highest BCUT2D eigenvalue weighted by Gasteiger charge is 2.30. The van der Waals surface area contributed by atoms with Crippen molar-refractivity contribution in [3.05, 3.63) is 35.0 Å². The summed E-state index contributed by atoms with van der Waals surface area (Å²) in [6.45, 7) is 9.23.